The van der Waals surface area contributed by atoms with Crippen LogP contribution in [0.2, 0.25) is 0 Å². The van der Waals surface area contributed by atoms with Gasteiger partial charge in [-0.2, -0.15) is 0 Å². The molecule has 0 aliphatic carbocycles. The Balaban J connectivity index is 2.18. The van der Waals surface area contributed by atoms with Crippen LogP contribution in [0.15, 0.2) is 41.3 Å². The van der Waals surface area contributed by atoms with Crippen molar-refractivity contribution >= 4 is 25.5 Å². The quantitative estimate of drug-likeness (QED) is 0.738. The van der Waals surface area contributed by atoms with E-state index in [1.807, 2.05) is 19.1 Å². The van der Waals surface area contributed by atoms with Crippen molar-refractivity contribution in [3.8, 4) is 5.75 Å². The number of rotatable bonds is 5. The molecule has 3 rings (SSSR count). The van der Waals surface area contributed by atoms with Crippen molar-refractivity contribution in [3.63, 3.8) is 0 Å². The molecule has 2 aromatic rings. The third kappa shape index (κ3) is 3.89. The molecular weight excluding hydrogens is 398 g/mol. The van der Waals surface area contributed by atoms with Gasteiger partial charge in [-0.3, -0.25) is 4.31 Å². The molecule has 0 radical (unpaired) electrons. The summed E-state index contributed by atoms with van der Waals surface area (Å²) in [5, 5.41) is 0. The predicted octanol–water partition coefficient (Wildman–Crippen LogP) is 3.00. The van der Waals surface area contributed by atoms with E-state index in [2.05, 4.69) is 0 Å². The zero-order chi connectivity index (χ0) is 20.7. The Bertz CT molecular complexity index is 1070. The fourth-order valence-corrected chi connectivity index (χ4v) is 7.80. The van der Waals surface area contributed by atoms with Crippen molar-refractivity contribution < 1.29 is 21.6 Å². The summed E-state index contributed by atoms with van der Waals surface area (Å²) in [7, 11) is -5.69. The molecule has 1 fully saturated rings. The maximum Gasteiger partial charge on any atom is 0.265 e. The van der Waals surface area contributed by atoms with Crippen molar-refractivity contribution in [2.75, 3.05) is 22.9 Å². The van der Waals surface area contributed by atoms with Gasteiger partial charge in [0.25, 0.3) is 10.0 Å². The molecule has 0 bridgehead atoms. The molecule has 1 aliphatic rings. The molecule has 152 valence electrons. The second kappa shape index (κ2) is 7.40. The van der Waals surface area contributed by atoms with Gasteiger partial charge in [0.05, 0.1) is 35.2 Å². The van der Waals surface area contributed by atoms with Crippen LogP contribution in [-0.2, 0) is 19.9 Å². The smallest absolute Gasteiger partial charge is 0.265 e. The minimum absolute atomic E-state index is 0.00823. The molecule has 0 aromatic heterocycles. The normalized spacial score (nSPS) is 18.8. The molecule has 0 spiro atoms. The maximum absolute atomic E-state index is 13.7. The van der Waals surface area contributed by atoms with Gasteiger partial charge in [-0.1, -0.05) is 17.7 Å². The van der Waals surface area contributed by atoms with Gasteiger partial charge in [0, 0.05) is 0 Å². The van der Waals surface area contributed by atoms with E-state index in [-0.39, 0.29) is 22.8 Å². The summed E-state index contributed by atoms with van der Waals surface area (Å²) in [5.74, 6) is 0.413. The lowest BCUT2D eigenvalue weighted by Gasteiger charge is -2.31. The fraction of sp³-hybridized carbons (Fsp3) is 0.400. The zero-order valence-electron chi connectivity index (χ0n) is 16.5. The summed E-state index contributed by atoms with van der Waals surface area (Å²) in [6, 6.07) is 9.69. The predicted molar refractivity (Wildman–Crippen MR) is 110 cm³/mol. The molecule has 1 aliphatic heterocycles. The Morgan fingerprint density at radius 2 is 1.61 bits per heavy atom. The van der Waals surface area contributed by atoms with Crippen molar-refractivity contribution in [2.45, 2.75) is 38.1 Å². The SMILES string of the molecule is COc1ccc(N([C@H]2CCS(=O)(=O)C2)S(=O)(=O)c2c(C)cc(C)cc2C)cc1. The first-order valence-electron chi connectivity index (χ1n) is 9.02. The van der Waals surface area contributed by atoms with Gasteiger partial charge in [-0.15, -0.1) is 0 Å². The standard InChI is InChI=1S/C20H25NO5S2/c1-14-11-15(2)20(16(3)12-14)28(24,25)21(18-9-10-27(22,23)13-18)17-5-7-19(26-4)8-6-17/h5-8,11-12,18H,9-10,13H2,1-4H3/t18-/m0/s1. The second-order valence-electron chi connectivity index (χ2n) is 7.28. The summed E-state index contributed by atoms with van der Waals surface area (Å²) < 4.78 is 58.1. The van der Waals surface area contributed by atoms with E-state index in [1.165, 1.54) is 11.4 Å². The van der Waals surface area contributed by atoms with Gasteiger partial charge in [-0.25, -0.2) is 16.8 Å². The molecule has 2 aromatic carbocycles. The first-order chi connectivity index (χ1) is 13.0. The summed E-state index contributed by atoms with van der Waals surface area (Å²) in [6.07, 6.45) is 0.275. The highest BCUT2D eigenvalue weighted by atomic mass is 32.2. The van der Waals surface area contributed by atoms with Gasteiger partial charge in [0.15, 0.2) is 9.84 Å². The number of hydrogen-bond donors (Lipinski definition) is 0. The Labute approximate surface area is 167 Å². The van der Waals surface area contributed by atoms with Crippen LogP contribution in [0.1, 0.15) is 23.1 Å². The van der Waals surface area contributed by atoms with Crippen molar-refractivity contribution in [2.24, 2.45) is 0 Å². The highest BCUT2D eigenvalue weighted by Gasteiger charge is 2.40. The minimum Gasteiger partial charge on any atom is -0.497 e. The molecule has 1 heterocycles. The van der Waals surface area contributed by atoms with E-state index in [4.69, 9.17) is 4.74 Å². The zero-order valence-corrected chi connectivity index (χ0v) is 18.1. The van der Waals surface area contributed by atoms with Crippen LogP contribution in [0.4, 0.5) is 5.69 Å². The van der Waals surface area contributed by atoms with Crippen LogP contribution in [0.5, 0.6) is 5.75 Å². The number of aryl methyl sites for hydroxylation is 3. The second-order valence-corrected chi connectivity index (χ2v) is 11.3. The van der Waals surface area contributed by atoms with Gasteiger partial charge in [-0.05, 0) is 62.6 Å². The van der Waals surface area contributed by atoms with Crippen LogP contribution in [0, 0.1) is 20.8 Å². The maximum atomic E-state index is 13.7. The first-order valence-corrected chi connectivity index (χ1v) is 12.3. The van der Waals surface area contributed by atoms with E-state index in [1.54, 1.807) is 38.1 Å². The van der Waals surface area contributed by atoms with E-state index in [9.17, 15) is 16.8 Å². The van der Waals surface area contributed by atoms with Gasteiger partial charge in [0.1, 0.15) is 5.75 Å². The number of anilines is 1. The number of benzene rings is 2. The first kappa shape index (κ1) is 20.7. The van der Waals surface area contributed by atoms with Crippen LogP contribution < -0.4 is 9.04 Å². The lowest BCUT2D eigenvalue weighted by atomic mass is 10.1. The van der Waals surface area contributed by atoms with E-state index in [0.717, 1.165) is 5.56 Å². The highest BCUT2D eigenvalue weighted by molar-refractivity contribution is 7.93. The van der Waals surface area contributed by atoms with E-state index >= 15 is 0 Å². The molecular formula is C20H25NO5S2. The number of methoxy groups -OCH3 is 1. The van der Waals surface area contributed by atoms with Crippen molar-refractivity contribution in [1.82, 2.24) is 0 Å². The Morgan fingerprint density at radius 3 is 2.07 bits per heavy atom. The molecule has 6 nitrogen and oxygen atoms in total. The molecule has 0 amide bonds. The average molecular weight is 424 g/mol. The third-order valence-electron chi connectivity index (χ3n) is 4.99. The number of sulfone groups is 1. The summed E-state index contributed by atoms with van der Waals surface area (Å²) in [5.41, 5.74) is 2.71. The van der Waals surface area contributed by atoms with Crippen LogP contribution in [0.25, 0.3) is 0 Å². The Hall–Kier alpha value is -2.06. The van der Waals surface area contributed by atoms with Crippen molar-refractivity contribution in [3.05, 3.63) is 53.1 Å². The topological polar surface area (TPSA) is 80.8 Å². The van der Waals surface area contributed by atoms with Gasteiger partial charge >= 0.3 is 0 Å². The summed E-state index contributed by atoms with van der Waals surface area (Å²) in [6.45, 7) is 5.45. The number of sulfonamides is 1. The molecule has 0 unspecified atom stereocenters. The number of ether oxygens (including phenoxy) is 1. The summed E-state index contributed by atoms with van der Waals surface area (Å²) >= 11 is 0. The molecule has 28 heavy (non-hydrogen) atoms. The third-order valence-corrected chi connectivity index (χ3v) is 8.93. The molecule has 0 N–H and O–H groups in total. The van der Waals surface area contributed by atoms with Crippen LogP contribution in [-0.4, -0.2) is 41.5 Å². The number of hydrogen-bond acceptors (Lipinski definition) is 5. The Morgan fingerprint density at radius 1 is 1.04 bits per heavy atom. The molecule has 1 saturated heterocycles. The molecule has 8 heteroatoms. The highest BCUT2D eigenvalue weighted by Crippen LogP contribution is 2.34. The van der Waals surface area contributed by atoms with E-state index in [0.29, 0.717) is 22.6 Å². The monoisotopic (exact) mass is 423 g/mol. The van der Waals surface area contributed by atoms with Gasteiger partial charge in [0.2, 0.25) is 0 Å². The fourth-order valence-electron chi connectivity index (χ4n) is 3.91. The van der Waals surface area contributed by atoms with Gasteiger partial charge < -0.3 is 4.74 Å². The van der Waals surface area contributed by atoms with Crippen LogP contribution in [0.3, 0.4) is 0 Å². The minimum atomic E-state index is -3.96. The molecule has 0 saturated carbocycles. The van der Waals surface area contributed by atoms with Crippen LogP contribution >= 0.6 is 0 Å². The average Bonchev–Trinajstić information content (AvgIpc) is 2.93. The Kier molecular flexibility index (Phi) is 5.46. The summed E-state index contributed by atoms with van der Waals surface area (Å²) in [4.78, 5) is 0.234. The molecule has 1 atom stereocenters. The largest absolute Gasteiger partial charge is 0.497 e. The lowest BCUT2D eigenvalue weighted by molar-refractivity contribution is 0.415. The van der Waals surface area contributed by atoms with Crippen molar-refractivity contribution in [1.29, 1.82) is 0 Å². The van der Waals surface area contributed by atoms with E-state index < -0.39 is 25.9 Å². The number of nitrogens with zero attached hydrogens (tertiary/aromatic N) is 1. The lowest BCUT2D eigenvalue weighted by Crippen LogP contribution is -2.41.